The summed E-state index contributed by atoms with van der Waals surface area (Å²) >= 11 is 0. The second kappa shape index (κ2) is 13.4. The lowest BCUT2D eigenvalue weighted by atomic mass is 10.1. The molecule has 0 saturated carbocycles. The van der Waals surface area contributed by atoms with Crippen LogP contribution in [0.2, 0.25) is 18.1 Å². The first-order valence-electron chi connectivity index (χ1n) is 13.2. The Hall–Kier alpha value is -1.71. The number of carbonyl (C=O) groups excluding carboxylic acids is 1. The highest BCUT2D eigenvalue weighted by molar-refractivity contribution is 6.74. The topological polar surface area (TPSA) is 72.5 Å². The van der Waals surface area contributed by atoms with Gasteiger partial charge in [-0.2, -0.15) is 0 Å². The zero-order chi connectivity index (χ0) is 27.9. The first-order chi connectivity index (χ1) is 17.1. The van der Waals surface area contributed by atoms with Crippen LogP contribution >= 0.6 is 0 Å². The van der Waals surface area contributed by atoms with E-state index in [9.17, 15) is 4.79 Å². The van der Waals surface area contributed by atoms with Crippen LogP contribution in [0, 0.1) is 0 Å². The van der Waals surface area contributed by atoms with Crippen molar-refractivity contribution in [3.05, 3.63) is 42.0 Å². The maximum atomic E-state index is 11.8. The second-order valence-electron chi connectivity index (χ2n) is 11.8. The molecule has 210 valence electrons. The van der Waals surface area contributed by atoms with Crippen molar-refractivity contribution in [3.8, 4) is 5.75 Å². The summed E-state index contributed by atoms with van der Waals surface area (Å²) < 4.78 is 35.5. The summed E-state index contributed by atoms with van der Waals surface area (Å²) in [6, 6.07) is 7.77. The fourth-order valence-corrected chi connectivity index (χ4v) is 4.93. The fraction of sp³-hybridized carbons (Fsp3) is 0.690. The fourth-order valence-electron chi connectivity index (χ4n) is 3.86. The largest absolute Gasteiger partial charge is 0.497 e. The van der Waals surface area contributed by atoms with Gasteiger partial charge < -0.3 is 28.1 Å². The first-order valence-corrected chi connectivity index (χ1v) is 16.1. The summed E-state index contributed by atoms with van der Waals surface area (Å²) in [5, 5.41) is 0.155. The Labute approximate surface area is 224 Å². The van der Waals surface area contributed by atoms with Gasteiger partial charge in [0.1, 0.15) is 18.0 Å². The zero-order valence-corrected chi connectivity index (χ0v) is 25.5. The molecule has 1 saturated heterocycles. The second-order valence-corrected chi connectivity index (χ2v) is 16.6. The lowest BCUT2D eigenvalue weighted by Crippen LogP contribution is -2.41. The molecule has 0 spiro atoms. The molecule has 37 heavy (non-hydrogen) atoms. The number of rotatable bonds is 13. The molecule has 0 bridgehead atoms. The van der Waals surface area contributed by atoms with Gasteiger partial charge in [-0.15, -0.1) is 0 Å². The van der Waals surface area contributed by atoms with Crippen LogP contribution in [0.25, 0.3) is 0 Å². The van der Waals surface area contributed by atoms with Crippen molar-refractivity contribution >= 4 is 14.3 Å². The summed E-state index contributed by atoms with van der Waals surface area (Å²) in [6.45, 7) is 19.5. The van der Waals surface area contributed by atoms with Crippen molar-refractivity contribution in [2.24, 2.45) is 0 Å². The van der Waals surface area contributed by atoms with Crippen molar-refractivity contribution in [1.29, 1.82) is 0 Å². The number of ether oxygens (including phenoxy) is 5. The third kappa shape index (κ3) is 10.5. The summed E-state index contributed by atoms with van der Waals surface area (Å²) in [5.74, 6) is -0.217. The molecule has 0 radical (unpaired) electrons. The van der Waals surface area contributed by atoms with Crippen LogP contribution in [-0.4, -0.2) is 58.2 Å². The van der Waals surface area contributed by atoms with Gasteiger partial charge in [-0.1, -0.05) is 39.0 Å². The number of methoxy groups -OCH3 is 1. The number of carbonyl (C=O) groups is 1. The van der Waals surface area contributed by atoms with E-state index in [4.69, 9.17) is 28.1 Å². The molecule has 1 aromatic rings. The molecule has 1 fully saturated rings. The number of benzene rings is 1. The zero-order valence-electron chi connectivity index (χ0n) is 24.5. The minimum atomic E-state index is -1.84. The summed E-state index contributed by atoms with van der Waals surface area (Å²) in [6.07, 6.45) is 4.15. The van der Waals surface area contributed by atoms with Gasteiger partial charge >= 0.3 is 5.97 Å². The summed E-state index contributed by atoms with van der Waals surface area (Å²) in [7, 11) is -0.193. The molecule has 0 amide bonds. The minimum absolute atomic E-state index is 0.123. The van der Waals surface area contributed by atoms with Crippen LogP contribution in [0.5, 0.6) is 5.75 Å². The first kappa shape index (κ1) is 31.5. The van der Waals surface area contributed by atoms with Crippen LogP contribution in [0.3, 0.4) is 0 Å². The van der Waals surface area contributed by atoms with Gasteiger partial charge in [0.25, 0.3) is 0 Å². The van der Waals surface area contributed by atoms with Gasteiger partial charge in [0, 0.05) is 20.0 Å². The molecule has 7 nitrogen and oxygen atoms in total. The van der Waals surface area contributed by atoms with E-state index in [0.29, 0.717) is 19.6 Å². The van der Waals surface area contributed by atoms with Crippen molar-refractivity contribution in [2.45, 2.75) is 116 Å². The molecule has 0 N–H and O–H groups in total. The normalized spacial score (nSPS) is 21.7. The molecular weight excluding hydrogens is 488 g/mol. The average Bonchev–Trinajstić information content (AvgIpc) is 3.08. The van der Waals surface area contributed by atoms with Gasteiger partial charge in [0.05, 0.1) is 25.9 Å². The van der Waals surface area contributed by atoms with Crippen LogP contribution < -0.4 is 4.74 Å². The van der Waals surface area contributed by atoms with Crippen molar-refractivity contribution in [1.82, 2.24) is 0 Å². The maximum absolute atomic E-state index is 11.8. The summed E-state index contributed by atoms with van der Waals surface area (Å²) in [4.78, 5) is 11.8. The monoisotopic (exact) mass is 536 g/mol. The van der Waals surface area contributed by atoms with Gasteiger partial charge in [-0.3, -0.25) is 4.79 Å². The Kier molecular flexibility index (Phi) is 11.4. The summed E-state index contributed by atoms with van der Waals surface area (Å²) in [5.41, 5.74) is 1.05. The van der Waals surface area contributed by atoms with Gasteiger partial charge in [0.2, 0.25) is 0 Å². The highest BCUT2D eigenvalue weighted by atomic mass is 28.4. The van der Waals surface area contributed by atoms with Crippen LogP contribution in [0.1, 0.15) is 66.9 Å². The van der Waals surface area contributed by atoms with E-state index in [0.717, 1.165) is 17.7 Å². The maximum Gasteiger partial charge on any atom is 0.303 e. The standard InChI is InChI=1S/C29H48O7Si/c1-21(32-20-23-11-13-24(31-8)14-12-23)19-25(34-22(2)30)15-16-26-27(36-29(6,7)35-26)17-18-33-37(9,10)28(3,4)5/h11-16,21,25-27H,17-20H2,1-10H3/b16-15+/t21-,25-,26-,27-/m1/s1. The molecule has 1 aliphatic heterocycles. The molecule has 0 aromatic heterocycles. The van der Waals surface area contributed by atoms with Crippen molar-refractivity contribution in [2.75, 3.05) is 13.7 Å². The lowest BCUT2D eigenvalue weighted by Gasteiger charge is -2.36. The van der Waals surface area contributed by atoms with Crippen LogP contribution in [0.4, 0.5) is 0 Å². The molecule has 1 aromatic carbocycles. The molecule has 1 aliphatic rings. The number of hydrogen-bond donors (Lipinski definition) is 0. The van der Waals surface area contributed by atoms with E-state index in [2.05, 4.69) is 33.9 Å². The number of hydrogen-bond acceptors (Lipinski definition) is 7. The van der Waals surface area contributed by atoms with E-state index in [-0.39, 0.29) is 29.3 Å². The number of esters is 1. The molecule has 8 heteroatoms. The smallest absolute Gasteiger partial charge is 0.303 e. The average molecular weight is 537 g/mol. The third-order valence-electron chi connectivity index (χ3n) is 6.98. The molecular formula is C29H48O7Si. The highest BCUT2D eigenvalue weighted by Gasteiger charge is 2.41. The van der Waals surface area contributed by atoms with Crippen molar-refractivity contribution in [3.63, 3.8) is 0 Å². The Bertz CT molecular complexity index is 873. The highest BCUT2D eigenvalue weighted by Crippen LogP contribution is 2.37. The molecule has 2 rings (SSSR count). The minimum Gasteiger partial charge on any atom is -0.497 e. The Morgan fingerprint density at radius 2 is 1.81 bits per heavy atom. The lowest BCUT2D eigenvalue weighted by molar-refractivity contribution is -0.146. The van der Waals surface area contributed by atoms with Gasteiger partial charge in [-0.25, -0.2) is 0 Å². The Morgan fingerprint density at radius 1 is 1.16 bits per heavy atom. The van der Waals surface area contributed by atoms with Crippen molar-refractivity contribution < 1.29 is 32.9 Å². The van der Waals surface area contributed by atoms with E-state index in [1.165, 1.54) is 6.92 Å². The van der Waals surface area contributed by atoms with E-state index >= 15 is 0 Å². The van der Waals surface area contributed by atoms with Crippen LogP contribution in [-0.2, 0) is 34.8 Å². The molecule has 1 heterocycles. The van der Waals surface area contributed by atoms with E-state index in [1.807, 2.05) is 57.2 Å². The van der Waals surface area contributed by atoms with E-state index in [1.54, 1.807) is 7.11 Å². The molecule has 4 atom stereocenters. The quantitative estimate of drug-likeness (QED) is 0.164. The van der Waals surface area contributed by atoms with Gasteiger partial charge in [-0.05, 0) is 69.1 Å². The Balaban J connectivity index is 1.97. The van der Waals surface area contributed by atoms with Gasteiger partial charge in [0.15, 0.2) is 14.1 Å². The predicted octanol–water partition coefficient (Wildman–Crippen LogP) is 6.41. The third-order valence-corrected chi connectivity index (χ3v) is 11.5. The molecule has 0 unspecified atom stereocenters. The molecule has 0 aliphatic carbocycles. The predicted molar refractivity (Wildman–Crippen MR) is 148 cm³/mol. The SMILES string of the molecule is COc1ccc(CO[C@H](C)C[C@@H](/C=C/[C@H]2OC(C)(C)O[C@@H]2CCO[Si](C)(C)C(C)(C)C)OC(C)=O)cc1. The van der Waals surface area contributed by atoms with Crippen LogP contribution in [0.15, 0.2) is 36.4 Å². The van der Waals surface area contributed by atoms with E-state index < -0.39 is 20.2 Å². The Morgan fingerprint density at radius 3 is 2.38 bits per heavy atom.